The molecule has 0 aliphatic rings. The van der Waals surface area contributed by atoms with Crippen molar-refractivity contribution in [2.24, 2.45) is 4.99 Å². The van der Waals surface area contributed by atoms with Crippen LogP contribution >= 0.6 is 0 Å². The van der Waals surface area contributed by atoms with E-state index in [-0.39, 0.29) is 11.5 Å². The number of nitro benzene ring substituents is 1. The highest BCUT2D eigenvalue weighted by Gasteiger charge is 2.10. The Kier molecular flexibility index (Phi) is 4.43. The Labute approximate surface area is 144 Å². The first-order valence-electron chi connectivity index (χ1n) is 7.69. The second kappa shape index (κ2) is 6.68. The molecule has 0 aliphatic carbocycles. The molecule has 0 amide bonds. The number of hydrogen-bond acceptors (Lipinski definition) is 3. The van der Waals surface area contributed by atoms with Crippen LogP contribution in [0.2, 0.25) is 0 Å². The number of nitro groups is 1. The van der Waals surface area contributed by atoms with Gasteiger partial charge >= 0.3 is 0 Å². The summed E-state index contributed by atoms with van der Waals surface area (Å²) in [6.45, 7) is 3.91. The summed E-state index contributed by atoms with van der Waals surface area (Å²) in [5.74, 6) is -0.279. The van der Waals surface area contributed by atoms with Gasteiger partial charge in [-0.1, -0.05) is 6.07 Å². The van der Waals surface area contributed by atoms with E-state index in [1.165, 1.54) is 24.3 Å². The van der Waals surface area contributed by atoms with Gasteiger partial charge in [0.05, 0.1) is 10.6 Å². The first-order valence-corrected chi connectivity index (χ1v) is 7.69. The van der Waals surface area contributed by atoms with Crippen molar-refractivity contribution in [3.63, 3.8) is 0 Å². The molecule has 0 radical (unpaired) electrons. The zero-order valence-corrected chi connectivity index (χ0v) is 13.8. The lowest BCUT2D eigenvalue weighted by Crippen LogP contribution is -1.99. The number of aryl methyl sites for hydroxylation is 1. The van der Waals surface area contributed by atoms with Crippen LogP contribution in [0, 0.1) is 29.8 Å². The second-order valence-electron chi connectivity index (χ2n) is 5.67. The first kappa shape index (κ1) is 16.6. The summed E-state index contributed by atoms with van der Waals surface area (Å²) in [6.07, 6.45) is 1.68. The van der Waals surface area contributed by atoms with E-state index < -0.39 is 4.92 Å². The lowest BCUT2D eigenvalue weighted by Gasteiger charge is -2.09. The molecular formula is C19H16FN3O2. The maximum atomic E-state index is 13.1. The molecule has 0 spiro atoms. The van der Waals surface area contributed by atoms with Gasteiger partial charge in [0.15, 0.2) is 0 Å². The van der Waals surface area contributed by atoms with E-state index in [0.29, 0.717) is 5.69 Å². The molecule has 0 N–H and O–H groups in total. The zero-order chi connectivity index (χ0) is 18.0. The smallest absolute Gasteiger partial charge is 0.271 e. The van der Waals surface area contributed by atoms with E-state index in [0.717, 1.165) is 22.6 Å². The van der Waals surface area contributed by atoms with Crippen molar-refractivity contribution in [1.82, 2.24) is 4.57 Å². The van der Waals surface area contributed by atoms with Gasteiger partial charge in [-0.3, -0.25) is 15.1 Å². The SMILES string of the molecule is Cc1cc(C=Nc2cccc([N+](=O)[O-])c2)c(C)n1-c1ccc(F)cc1. The van der Waals surface area contributed by atoms with Crippen LogP contribution in [0.3, 0.4) is 0 Å². The number of aromatic nitrogens is 1. The fourth-order valence-electron chi connectivity index (χ4n) is 2.74. The summed E-state index contributed by atoms with van der Waals surface area (Å²) in [5.41, 5.74) is 4.23. The normalized spacial score (nSPS) is 11.2. The van der Waals surface area contributed by atoms with Gasteiger partial charge in [0, 0.05) is 41.0 Å². The number of non-ortho nitro benzene ring substituents is 1. The summed E-state index contributed by atoms with van der Waals surface area (Å²) >= 11 is 0. The molecule has 0 aliphatic heterocycles. The molecule has 0 unspecified atom stereocenters. The fourth-order valence-corrected chi connectivity index (χ4v) is 2.74. The van der Waals surface area contributed by atoms with E-state index >= 15 is 0 Å². The fraction of sp³-hybridized carbons (Fsp3) is 0.105. The van der Waals surface area contributed by atoms with Crippen LogP contribution < -0.4 is 0 Å². The minimum absolute atomic E-state index is 0.00596. The minimum Gasteiger partial charge on any atom is -0.318 e. The number of aliphatic imine (C=N–C) groups is 1. The maximum Gasteiger partial charge on any atom is 0.271 e. The summed E-state index contributed by atoms with van der Waals surface area (Å²) in [5, 5.41) is 10.8. The average molecular weight is 337 g/mol. The van der Waals surface area contributed by atoms with Crippen LogP contribution in [0.1, 0.15) is 17.0 Å². The van der Waals surface area contributed by atoms with Gasteiger partial charge < -0.3 is 4.57 Å². The molecule has 1 aromatic heterocycles. The third-order valence-corrected chi connectivity index (χ3v) is 3.95. The van der Waals surface area contributed by atoms with Crippen LogP contribution in [-0.4, -0.2) is 15.7 Å². The van der Waals surface area contributed by atoms with Gasteiger partial charge in [0.2, 0.25) is 0 Å². The van der Waals surface area contributed by atoms with E-state index in [1.807, 2.05) is 24.5 Å². The molecule has 2 aromatic carbocycles. The molecular weight excluding hydrogens is 321 g/mol. The minimum atomic E-state index is -0.445. The van der Waals surface area contributed by atoms with E-state index in [1.54, 1.807) is 30.5 Å². The van der Waals surface area contributed by atoms with Crippen molar-refractivity contribution < 1.29 is 9.31 Å². The summed E-state index contributed by atoms with van der Waals surface area (Å²) in [6, 6.07) is 14.4. The van der Waals surface area contributed by atoms with Gasteiger partial charge in [0.1, 0.15) is 5.82 Å². The van der Waals surface area contributed by atoms with Crippen LogP contribution in [0.25, 0.3) is 5.69 Å². The van der Waals surface area contributed by atoms with Crippen LogP contribution in [-0.2, 0) is 0 Å². The molecule has 0 atom stereocenters. The Morgan fingerprint density at radius 1 is 1.12 bits per heavy atom. The first-order chi connectivity index (χ1) is 12.0. The highest BCUT2D eigenvalue weighted by Crippen LogP contribution is 2.22. The number of benzene rings is 2. The second-order valence-corrected chi connectivity index (χ2v) is 5.67. The monoisotopic (exact) mass is 337 g/mol. The molecule has 3 aromatic rings. The highest BCUT2D eigenvalue weighted by atomic mass is 19.1. The Morgan fingerprint density at radius 2 is 1.84 bits per heavy atom. The van der Waals surface area contributed by atoms with Gasteiger partial charge in [-0.05, 0) is 50.2 Å². The molecule has 3 rings (SSSR count). The van der Waals surface area contributed by atoms with Gasteiger partial charge in [-0.25, -0.2) is 4.39 Å². The van der Waals surface area contributed by atoms with Crippen LogP contribution in [0.5, 0.6) is 0 Å². The Morgan fingerprint density at radius 3 is 2.52 bits per heavy atom. The Hall–Kier alpha value is -3.28. The number of rotatable bonds is 4. The van der Waals surface area contributed by atoms with E-state index in [4.69, 9.17) is 0 Å². The number of nitrogens with zero attached hydrogens (tertiary/aromatic N) is 3. The van der Waals surface area contributed by atoms with Gasteiger partial charge in [-0.15, -0.1) is 0 Å². The third-order valence-electron chi connectivity index (χ3n) is 3.95. The predicted octanol–water partition coefficient (Wildman–Crippen LogP) is 4.89. The molecule has 0 fully saturated rings. The van der Waals surface area contributed by atoms with Crippen molar-refractivity contribution in [2.75, 3.05) is 0 Å². The van der Waals surface area contributed by atoms with Crippen LogP contribution in [0.4, 0.5) is 15.8 Å². The lowest BCUT2D eigenvalue weighted by molar-refractivity contribution is -0.384. The van der Waals surface area contributed by atoms with Crippen LogP contribution in [0.15, 0.2) is 59.6 Å². The summed E-state index contributed by atoms with van der Waals surface area (Å²) in [7, 11) is 0. The van der Waals surface area contributed by atoms with Crippen molar-refractivity contribution in [1.29, 1.82) is 0 Å². The average Bonchev–Trinajstić information content (AvgIpc) is 2.88. The molecule has 6 heteroatoms. The molecule has 1 heterocycles. The Balaban J connectivity index is 1.94. The summed E-state index contributed by atoms with van der Waals surface area (Å²) in [4.78, 5) is 14.7. The van der Waals surface area contributed by atoms with E-state index in [2.05, 4.69) is 4.99 Å². The molecule has 25 heavy (non-hydrogen) atoms. The highest BCUT2D eigenvalue weighted by molar-refractivity contribution is 5.84. The summed E-state index contributed by atoms with van der Waals surface area (Å²) < 4.78 is 15.1. The van der Waals surface area contributed by atoms with Crippen molar-refractivity contribution >= 4 is 17.6 Å². The van der Waals surface area contributed by atoms with Gasteiger partial charge in [-0.2, -0.15) is 0 Å². The van der Waals surface area contributed by atoms with Crippen molar-refractivity contribution in [2.45, 2.75) is 13.8 Å². The molecule has 0 saturated carbocycles. The molecule has 5 nitrogen and oxygen atoms in total. The molecule has 126 valence electrons. The van der Waals surface area contributed by atoms with Crippen molar-refractivity contribution in [3.05, 3.63) is 87.5 Å². The number of halogens is 1. The topological polar surface area (TPSA) is 60.4 Å². The third kappa shape index (κ3) is 3.47. The zero-order valence-electron chi connectivity index (χ0n) is 13.8. The standard InChI is InChI=1S/C19H16FN3O2/c1-13-10-15(12-21-17-4-3-5-19(11-17)23(24)25)14(2)22(13)18-8-6-16(20)7-9-18/h3-12H,1-2H3. The largest absolute Gasteiger partial charge is 0.318 e. The lowest BCUT2D eigenvalue weighted by atomic mass is 10.2. The van der Waals surface area contributed by atoms with E-state index in [9.17, 15) is 14.5 Å². The van der Waals surface area contributed by atoms with Gasteiger partial charge in [0.25, 0.3) is 5.69 Å². The molecule has 0 bridgehead atoms. The Bertz CT molecular complexity index is 959. The van der Waals surface area contributed by atoms with Crippen molar-refractivity contribution in [3.8, 4) is 5.69 Å². The number of hydrogen-bond donors (Lipinski definition) is 0. The maximum absolute atomic E-state index is 13.1. The quantitative estimate of drug-likeness (QED) is 0.386. The molecule has 0 saturated heterocycles. The predicted molar refractivity (Wildman–Crippen MR) is 95.6 cm³/mol.